The van der Waals surface area contributed by atoms with Crippen molar-refractivity contribution in [1.29, 1.82) is 0 Å². The smallest absolute Gasteiger partial charge is 0.302 e. The fraction of sp³-hybridized carbons (Fsp3) is 0.950. The zero-order valence-corrected chi connectivity index (χ0v) is 18.7. The van der Waals surface area contributed by atoms with E-state index in [0.29, 0.717) is 99.1 Å². The molecule has 0 aromatic heterocycles. The summed E-state index contributed by atoms with van der Waals surface area (Å²) in [5.74, 6) is -0.313. The first-order chi connectivity index (χ1) is 15.3. The van der Waals surface area contributed by atoms with Crippen LogP contribution in [-0.4, -0.2) is 125 Å². The second kappa shape index (κ2) is 27.1. The maximum atomic E-state index is 11.8. The van der Waals surface area contributed by atoms with Gasteiger partial charge in [-0.15, -0.1) is 0 Å². The first-order valence-electron chi connectivity index (χ1n) is 10.6. The van der Waals surface area contributed by atoms with E-state index in [4.69, 9.17) is 42.6 Å². The highest BCUT2D eigenvalue weighted by Crippen LogP contribution is 1.86. The Morgan fingerprint density at radius 3 is 0.903 bits per heavy atom. The molecule has 0 amide bonds. The van der Waals surface area contributed by atoms with Crippen molar-refractivity contribution in [2.45, 2.75) is 6.92 Å². The number of ether oxygens (including phenoxy) is 9. The molecule has 0 spiro atoms. The van der Waals surface area contributed by atoms with E-state index in [2.05, 4.69) is 0 Å². The number of esters is 1. The van der Waals surface area contributed by atoms with Crippen LogP contribution in [0, 0.1) is 0 Å². The Kier molecular flexibility index (Phi) is 26.3. The zero-order valence-electron chi connectivity index (χ0n) is 18.7. The molecule has 0 aliphatic rings. The van der Waals surface area contributed by atoms with Crippen LogP contribution in [0.25, 0.3) is 0 Å². The van der Waals surface area contributed by atoms with Crippen molar-refractivity contribution in [1.82, 2.24) is 0 Å². The number of halogens is 1. The van der Waals surface area contributed by atoms with Gasteiger partial charge in [-0.25, -0.2) is 4.39 Å². The molecular formula is C20H39FO10. The Hall–Kier alpha value is -0.920. The molecule has 0 saturated heterocycles. The van der Waals surface area contributed by atoms with Gasteiger partial charge in [-0.1, -0.05) is 0 Å². The number of hydrogen-bond donors (Lipinski definition) is 0. The second-order valence-electron chi connectivity index (χ2n) is 5.93. The highest BCUT2D eigenvalue weighted by molar-refractivity contribution is 5.65. The van der Waals surface area contributed by atoms with Crippen LogP contribution >= 0.6 is 0 Å². The van der Waals surface area contributed by atoms with Gasteiger partial charge in [0.1, 0.15) is 13.3 Å². The first kappa shape index (κ1) is 30.1. The molecule has 0 saturated carbocycles. The lowest BCUT2D eigenvalue weighted by Gasteiger charge is -2.08. The van der Waals surface area contributed by atoms with Crippen LogP contribution in [-0.2, 0) is 47.4 Å². The average molecular weight is 459 g/mol. The van der Waals surface area contributed by atoms with Crippen LogP contribution < -0.4 is 0 Å². The molecule has 0 N–H and O–H groups in total. The summed E-state index contributed by atoms with van der Waals surface area (Å²) >= 11 is 0. The summed E-state index contributed by atoms with van der Waals surface area (Å²) in [6, 6.07) is 0. The number of carbonyl (C=O) groups excluding carboxylic acids is 1. The maximum Gasteiger partial charge on any atom is 0.302 e. The largest absolute Gasteiger partial charge is 0.463 e. The molecule has 31 heavy (non-hydrogen) atoms. The predicted molar refractivity (Wildman–Crippen MR) is 109 cm³/mol. The molecule has 0 aliphatic heterocycles. The van der Waals surface area contributed by atoms with E-state index in [1.807, 2.05) is 0 Å². The fourth-order valence-electron chi connectivity index (χ4n) is 1.94. The van der Waals surface area contributed by atoms with Crippen LogP contribution in [0.2, 0.25) is 0 Å². The standard InChI is InChI=1S/C20H39FO10/c1-20(22)31-19-18-30-17-16-29-15-14-28-13-12-27-11-10-26-9-8-25-7-6-24-5-4-23-3-2-21/h2-19H2,1H3. The average Bonchev–Trinajstić information content (AvgIpc) is 2.76. The van der Waals surface area contributed by atoms with E-state index < -0.39 is 6.67 Å². The Bertz CT molecular complexity index is 363. The third-order valence-corrected chi connectivity index (χ3v) is 3.36. The van der Waals surface area contributed by atoms with Crippen LogP contribution in [0.3, 0.4) is 0 Å². The van der Waals surface area contributed by atoms with Crippen LogP contribution in [0.1, 0.15) is 6.92 Å². The van der Waals surface area contributed by atoms with Gasteiger partial charge in [-0.2, -0.15) is 0 Å². The Morgan fingerprint density at radius 2 is 0.677 bits per heavy atom. The van der Waals surface area contributed by atoms with Gasteiger partial charge < -0.3 is 42.6 Å². The van der Waals surface area contributed by atoms with Crippen LogP contribution in [0.15, 0.2) is 0 Å². The molecule has 0 atom stereocenters. The van der Waals surface area contributed by atoms with Crippen molar-refractivity contribution in [3.63, 3.8) is 0 Å². The molecule has 0 rings (SSSR count). The summed E-state index contributed by atoms with van der Waals surface area (Å²) in [7, 11) is 0. The zero-order chi connectivity index (χ0) is 22.7. The molecule has 11 heteroatoms. The lowest BCUT2D eigenvalue weighted by atomic mass is 10.6. The monoisotopic (exact) mass is 458 g/mol. The Balaban J connectivity index is 3.00. The third-order valence-electron chi connectivity index (χ3n) is 3.36. The highest BCUT2D eigenvalue weighted by Gasteiger charge is 1.96. The molecule has 0 radical (unpaired) electrons. The van der Waals surface area contributed by atoms with Gasteiger partial charge >= 0.3 is 5.97 Å². The number of carbonyl (C=O) groups is 1. The van der Waals surface area contributed by atoms with Gasteiger partial charge in [-0.05, 0) is 0 Å². The molecule has 0 bridgehead atoms. The molecule has 0 heterocycles. The van der Waals surface area contributed by atoms with Crippen molar-refractivity contribution in [3.8, 4) is 0 Å². The second-order valence-corrected chi connectivity index (χ2v) is 5.93. The van der Waals surface area contributed by atoms with Crippen molar-refractivity contribution in [2.24, 2.45) is 0 Å². The SMILES string of the molecule is CC(=O)OCCOCCOCCOCCOCCOCCOCCOCCOCCF. The van der Waals surface area contributed by atoms with E-state index in [1.54, 1.807) is 0 Å². The number of alkyl halides is 1. The Labute approximate surface area is 184 Å². The van der Waals surface area contributed by atoms with E-state index >= 15 is 0 Å². The molecule has 0 aromatic carbocycles. The first-order valence-corrected chi connectivity index (χ1v) is 10.6. The van der Waals surface area contributed by atoms with Crippen molar-refractivity contribution < 1.29 is 51.8 Å². The van der Waals surface area contributed by atoms with E-state index in [0.717, 1.165) is 0 Å². The minimum Gasteiger partial charge on any atom is -0.463 e. The molecule has 0 unspecified atom stereocenters. The van der Waals surface area contributed by atoms with E-state index in [-0.39, 0.29) is 19.2 Å². The summed E-state index contributed by atoms with van der Waals surface area (Å²) in [6.45, 7) is 8.22. The molecule has 0 fully saturated rings. The van der Waals surface area contributed by atoms with Gasteiger partial charge in [0.25, 0.3) is 0 Å². The lowest BCUT2D eigenvalue weighted by Crippen LogP contribution is -2.15. The Morgan fingerprint density at radius 1 is 0.452 bits per heavy atom. The summed E-state index contributed by atoms with van der Waals surface area (Å²) in [5, 5.41) is 0. The molecule has 10 nitrogen and oxygen atoms in total. The molecule has 186 valence electrons. The van der Waals surface area contributed by atoms with Crippen LogP contribution in [0.4, 0.5) is 4.39 Å². The minimum absolute atomic E-state index is 0.113. The van der Waals surface area contributed by atoms with Crippen molar-refractivity contribution in [3.05, 3.63) is 0 Å². The van der Waals surface area contributed by atoms with E-state index in [9.17, 15) is 9.18 Å². The van der Waals surface area contributed by atoms with Crippen molar-refractivity contribution >= 4 is 5.97 Å². The van der Waals surface area contributed by atoms with Gasteiger partial charge in [-0.3, -0.25) is 4.79 Å². The quantitative estimate of drug-likeness (QED) is 0.136. The predicted octanol–water partition coefficient (Wildman–Crippen LogP) is 0.652. The molecule has 0 aromatic rings. The van der Waals surface area contributed by atoms with E-state index in [1.165, 1.54) is 6.92 Å². The highest BCUT2D eigenvalue weighted by atomic mass is 19.1. The number of rotatable bonds is 26. The molecular weight excluding hydrogens is 419 g/mol. The summed E-state index contributed by atoms with van der Waals surface area (Å²) in [4.78, 5) is 10.5. The van der Waals surface area contributed by atoms with Crippen LogP contribution in [0.5, 0.6) is 0 Å². The lowest BCUT2D eigenvalue weighted by molar-refractivity contribution is -0.142. The minimum atomic E-state index is -0.475. The third kappa shape index (κ3) is 29.1. The van der Waals surface area contributed by atoms with Crippen molar-refractivity contribution in [2.75, 3.05) is 119 Å². The summed E-state index contributed by atoms with van der Waals surface area (Å²) in [6.07, 6.45) is 0. The normalized spacial score (nSPS) is 11.2. The summed E-state index contributed by atoms with van der Waals surface area (Å²) in [5.41, 5.74) is 0. The topological polar surface area (TPSA) is 100 Å². The summed E-state index contributed by atoms with van der Waals surface area (Å²) < 4.78 is 58.7. The van der Waals surface area contributed by atoms with Gasteiger partial charge in [0, 0.05) is 6.92 Å². The van der Waals surface area contributed by atoms with Gasteiger partial charge in [0.2, 0.25) is 0 Å². The number of hydrogen-bond acceptors (Lipinski definition) is 10. The van der Waals surface area contributed by atoms with Gasteiger partial charge in [0.15, 0.2) is 0 Å². The molecule has 0 aliphatic carbocycles. The van der Waals surface area contributed by atoms with Gasteiger partial charge in [0.05, 0.1) is 106 Å². The maximum absolute atomic E-state index is 11.8. The fourth-order valence-corrected chi connectivity index (χ4v) is 1.94.